The average Bonchev–Trinajstić information content (AvgIpc) is 2.73. The Hall–Kier alpha value is -1.92. The van der Waals surface area contributed by atoms with Crippen LogP contribution in [0.3, 0.4) is 0 Å². The minimum Gasteiger partial charge on any atom is -0.481 e. The van der Waals surface area contributed by atoms with Crippen LogP contribution in [0.1, 0.15) is 31.5 Å². The normalized spacial score (nSPS) is 12.1. The van der Waals surface area contributed by atoms with Crippen LogP contribution in [0.2, 0.25) is 0 Å². The van der Waals surface area contributed by atoms with Crippen LogP contribution in [0.5, 0.6) is 0 Å². The maximum atomic E-state index is 11.5. The Morgan fingerprint density at radius 1 is 1.50 bits per heavy atom. The highest BCUT2D eigenvalue weighted by molar-refractivity contribution is 5.77. The molecule has 0 bridgehead atoms. The van der Waals surface area contributed by atoms with Crippen molar-refractivity contribution in [3.63, 3.8) is 0 Å². The summed E-state index contributed by atoms with van der Waals surface area (Å²) in [7, 11) is 0. The van der Waals surface area contributed by atoms with Crippen LogP contribution in [0.25, 0.3) is 0 Å². The van der Waals surface area contributed by atoms with E-state index in [-0.39, 0.29) is 18.9 Å². The van der Waals surface area contributed by atoms with Crippen LogP contribution < -0.4 is 5.32 Å². The van der Waals surface area contributed by atoms with E-state index in [2.05, 4.69) is 15.5 Å². The van der Waals surface area contributed by atoms with E-state index in [4.69, 9.17) is 9.63 Å². The van der Waals surface area contributed by atoms with Crippen LogP contribution in [0.15, 0.2) is 4.52 Å². The lowest BCUT2D eigenvalue weighted by atomic mass is 10.1. The second-order valence-electron chi connectivity index (χ2n) is 3.98. The third kappa shape index (κ3) is 4.52. The van der Waals surface area contributed by atoms with Gasteiger partial charge in [-0.3, -0.25) is 9.59 Å². The fourth-order valence-electron chi connectivity index (χ4n) is 1.39. The van der Waals surface area contributed by atoms with Crippen LogP contribution in [-0.2, 0) is 16.0 Å². The third-order valence-corrected chi connectivity index (χ3v) is 2.52. The lowest BCUT2D eigenvalue weighted by Crippen LogP contribution is -2.32. The van der Waals surface area contributed by atoms with Crippen molar-refractivity contribution in [2.24, 2.45) is 5.92 Å². The molecule has 0 aromatic carbocycles. The van der Waals surface area contributed by atoms with Gasteiger partial charge in [-0.1, -0.05) is 12.1 Å². The Bertz CT molecular complexity index is 416. The average molecular weight is 255 g/mol. The zero-order valence-electron chi connectivity index (χ0n) is 10.5. The minimum atomic E-state index is -0.898. The summed E-state index contributed by atoms with van der Waals surface area (Å²) >= 11 is 0. The molecular weight excluding hydrogens is 238 g/mol. The molecule has 1 amide bonds. The van der Waals surface area contributed by atoms with E-state index >= 15 is 0 Å². The second kappa shape index (κ2) is 6.73. The third-order valence-electron chi connectivity index (χ3n) is 2.52. The molecule has 2 N–H and O–H groups in total. The molecule has 7 heteroatoms. The lowest BCUT2D eigenvalue weighted by Gasteiger charge is -2.10. The van der Waals surface area contributed by atoms with Crippen molar-refractivity contribution in [3.8, 4) is 0 Å². The van der Waals surface area contributed by atoms with Crippen molar-refractivity contribution >= 4 is 11.9 Å². The first-order valence-electron chi connectivity index (χ1n) is 5.81. The van der Waals surface area contributed by atoms with E-state index in [1.807, 2.05) is 0 Å². The SMILES string of the molecule is CCC(CNC(=O)CCc1nc(C)no1)C(=O)O. The van der Waals surface area contributed by atoms with Gasteiger partial charge in [-0.2, -0.15) is 4.98 Å². The fourth-order valence-corrected chi connectivity index (χ4v) is 1.39. The zero-order valence-corrected chi connectivity index (χ0v) is 10.5. The smallest absolute Gasteiger partial charge is 0.308 e. The summed E-state index contributed by atoms with van der Waals surface area (Å²) in [5.41, 5.74) is 0. The van der Waals surface area contributed by atoms with Gasteiger partial charge in [0.15, 0.2) is 5.82 Å². The molecule has 1 atom stereocenters. The molecule has 18 heavy (non-hydrogen) atoms. The molecule has 0 saturated heterocycles. The number of nitrogens with one attached hydrogen (secondary N) is 1. The maximum Gasteiger partial charge on any atom is 0.308 e. The van der Waals surface area contributed by atoms with Crippen molar-refractivity contribution in [1.82, 2.24) is 15.5 Å². The van der Waals surface area contributed by atoms with E-state index < -0.39 is 11.9 Å². The number of carbonyl (C=O) groups excluding carboxylic acids is 1. The number of nitrogens with zero attached hydrogens (tertiary/aromatic N) is 2. The highest BCUT2D eigenvalue weighted by Gasteiger charge is 2.16. The molecule has 1 aromatic rings. The summed E-state index contributed by atoms with van der Waals surface area (Å²) in [6.45, 7) is 3.62. The molecule has 0 radical (unpaired) electrons. The molecule has 0 aliphatic rings. The van der Waals surface area contributed by atoms with Gasteiger partial charge < -0.3 is 14.9 Å². The first-order valence-corrected chi connectivity index (χ1v) is 5.81. The summed E-state index contributed by atoms with van der Waals surface area (Å²) in [6.07, 6.45) is 1.05. The summed E-state index contributed by atoms with van der Waals surface area (Å²) < 4.78 is 4.86. The zero-order chi connectivity index (χ0) is 13.5. The Balaban J connectivity index is 2.27. The van der Waals surface area contributed by atoms with Crippen LogP contribution in [0, 0.1) is 12.8 Å². The van der Waals surface area contributed by atoms with Gasteiger partial charge in [0, 0.05) is 19.4 Å². The van der Waals surface area contributed by atoms with Gasteiger partial charge in [-0.15, -0.1) is 0 Å². The first kappa shape index (κ1) is 14.1. The van der Waals surface area contributed by atoms with E-state index in [0.717, 1.165) is 0 Å². The molecule has 100 valence electrons. The van der Waals surface area contributed by atoms with Gasteiger partial charge in [-0.25, -0.2) is 0 Å². The molecule has 0 fully saturated rings. The van der Waals surface area contributed by atoms with E-state index in [9.17, 15) is 9.59 Å². The van der Waals surface area contributed by atoms with Crippen molar-refractivity contribution in [1.29, 1.82) is 0 Å². The second-order valence-corrected chi connectivity index (χ2v) is 3.98. The number of carboxylic acid groups (broad SMARTS) is 1. The number of hydrogen-bond donors (Lipinski definition) is 2. The number of carboxylic acids is 1. The molecule has 1 rings (SSSR count). The number of aliphatic carboxylic acids is 1. The lowest BCUT2D eigenvalue weighted by molar-refractivity contribution is -0.141. The van der Waals surface area contributed by atoms with Gasteiger partial charge in [0.2, 0.25) is 11.8 Å². The van der Waals surface area contributed by atoms with Crippen LogP contribution in [-0.4, -0.2) is 33.7 Å². The van der Waals surface area contributed by atoms with E-state index in [1.54, 1.807) is 13.8 Å². The molecule has 7 nitrogen and oxygen atoms in total. The largest absolute Gasteiger partial charge is 0.481 e. The van der Waals surface area contributed by atoms with E-state index in [0.29, 0.717) is 24.6 Å². The van der Waals surface area contributed by atoms with Gasteiger partial charge >= 0.3 is 5.97 Å². The number of hydrogen-bond acceptors (Lipinski definition) is 5. The number of aromatic nitrogens is 2. The Labute approximate surface area is 105 Å². The Kier molecular flexibility index (Phi) is 5.29. The molecular formula is C11H17N3O4. The topological polar surface area (TPSA) is 105 Å². The number of aryl methyl sites for hydroxylation is 2. The highest BCUT2D eigenvalue weighted by Crippen LogP contribution is 2.02. The predicted molar refractivity (Wildman–Crippen MR) is 61.8 cm³/mol. The van der Waals surface area contributed by atoms with Crippen LogP contribution >= 0.6 is 0 Å². The molecule has 1 heterocycles. The van der Waals surface area contributed by atoms with Gasteiger partial charge in [-0.05, 0) is 13.3 Å². The summed E-state index contributed by atoms with van der Waals surface area (Å²) in [6, 6.07) is 0. The Morgan fingerprint density at radius 3 is 2.72 bits per heavy atom. The number of carbonyl (C=O) groups is 2. The van der Waals surface area contributed by atoms with E-state index in [1.165, 1.54) is 0 Å². The minimum absolute atomic E-state index is 0.146. The summed E-state index contributed by atoms with van der Waals surface area (Å²) in [4.78, 5) is 26.2. The fraction of sp³-hybridized carbons (Fsp3) is 0.636. The standard InChI is InChI=1S/C11H17N3O4/c1-3-8(11(16)17)6-12-9(15)4-5-10-13-7(2)14-18-10/h8H,3-6H2,1-2H3,(H,12,15)(H,16,17). The van der Waals surface area contributed by atoms with Crippen molar-refractivity contribution in [2.75, 3.05) is 6.54 Å². The van der Waals surface area contributed by atoms with Crippen molar-refractivity contribution in [3.05, 3.63) is 11.7 Å². The molecule has 0 aliphatic heterocycles. The van der Waals surface area contributed by atoms with Gasteiger partial charge in [0.1, 0.15) is 0 Å². The van der Waals surface area contributed by atoms with Crippen LogP contribution in [0.4, 0.5) is 0 Å². The quantitative estimate of drug-likeness (QED) is 0.736. The first-order chi connectivity index (χ1) is 8.52. The predicted octanol–water partition coefficient (Wildman–Crippen LogP) is 0.538. The number of amides is 1. The summed E-state index contributed by atoms with van der Waals surface area (Å²) in [5, 5.41) is 15.0. The van der Waals surface area contributed by atoms with Crippen molar-refractivity contribution in [2.45, 2.75) is 33.1 Å². The van der Waals surface area contributed by atoms with Gasteiger partial charge in [0.05, 0.1) is 5.92 Å². The molecule has 0 saturated carbocycles. The van der Waals surface area contributed by atoms with Crippen molar-refractivity contribution < 1.29 is 19.2 Å². The monoisotopic (exact) mass is 255 g/mol. The highest BCUT2D eigenvalue weighted by atomic mass is 16.5. The molecule has 1 unspecified atom stereocenters. The Morgan fingerprint density at radius 2 is 2.22 bits per heavy atom. The van der Waals surface area contributed by atoms with Gasteiger partial charge in [0.25, 0.3) is 0 Å². The maximum absolute atomic E-state index is 11.5. The molecule has 1 aromatic heterocycles. The summed E-state index contributed by atoms with van der Waals surface area (Å²) in [5.74, 6) is -0.717. The molecule has 0 spiro atoms. The molecule has 0 aliphatic carbocycles. The number of rotatable bonds is 7.